The van der Waals surface area contributed by atoms with Crippen LogP contribution in [0.1, 0.15) is 12.8 Å². The van der Waals surface area contributed by atoms with Gasteiger partial charge >= 0.3 is 11.9 Å². The molecule has 4 heteroatoms. The van der Waals surface area contributed by atoms with Crippen LogP contribution in [-0.4, -0.2) is 26.2 Å². The number of esters is 2. The lowest BCUT2D eigenvalue weighted by molar-refractivity contribution is -0.144. The Kier molecular flexibility index (Phi) is 6.97. The highest BCUT2D eigenvalue weighted by Crippen LogP contribution is 2.08. The molecule has 0 bridgehead atoms. The summed E-state index contributed by atoms with van der Waals surface area (Å²) in [7, 11) is 2.64. The van der Waals surface area contributed by atoms with Gasteiger partial charge in [0.2, 0.25) is 0 Å². The summed E-state index contributed by atoms with van der Waals surface area (Å²) in [6.07, 6.45) is 5.50. The van der Waals surface area contributed by atoms with Gasteiger partial charge in [0.25, 0.3) is 0 Å². The molecule has 0 aliphatic rings. The zero-order valence-electron chi connectivity index (χ0n) is 9.06. The minimum Gasteiger partial charge on any atom is -0.469 e. The maximum Gasteiger partial charge on any atom is 0.312 e. The third-order valence-electron chi connectivity index (χ3n) is 1.81. The summed E-state index contributed by atoms with van der Waals surface area (Å²) in [5.74, 6) is -1.05. The van der Waals surface area contributed by atoms with E-state index >= 15 is 0 Å². The predicted molar refractivity (Wildman–Crippen MR) is 56.1 cm³/mol. The van der Waals surface area contributed by atoms with Gasteiger partial charge in [-0.3, -0.25) is 9.59 Å². The molecule has 0 aliphatic heterocycles. The molecule has 15 heavy (non-hydrogen) atoms. The highest BCUT2D eigenvalue weighted by atomic mass is 16.5. The van der Waals surface area contributed by atoms with Crippen LogP contribution in [0.3, 0.4) is 0 Å². The van der Waals surface area contributed by atoms with Crippen molar-refractivity contribution in [1.82, 2.24) is 0 Å². The summed E-state index contributed by atoms with van der Waals surface area (Å²) < 4.78 is 9.05. The van der Waals surface area contributed by atoms with Gasteiger partial charge in [0.1, 0.15) is 0 Å². The van der Waals surface area contributed by atoms with Gasteiger partial charge in [-0.1, -0.05) is 18.2 Å². The fourth-order valence-electron chi connectivity index (χ4n) is 0.996. The number of carbonyl (C=O) groups excluding carboxylic acids is 2. The quantitative estimate of drug-likeness (QED) is 0.494. The van der Waals surface area contributed by atoms with E-state index in [1.807, 2.05) is 0 Å². The molecule has 84 valence electrons. The molecule has 0 saturated heterocycles. The molecule has 1 atom stereocenters. The van der Waals surface area contributed by atoms with Crippen molar-refractivity contribution >= 4 is 11.9 Å². The Bertz CT molecular complexity index is 255. The van der Waals surface area contributed by atoms with Crippen LogP contribution in [0.4, 0.5) is 0 Å². The van der Waals surface area contributed by atoms with Crippen molar-refractivity contribution in [2.45, 2.75) is 12.8 Å². The Morgan fingerprint density at radius 3 is 2.47 bits per heavy atom. The third kappa shape index (κ3) is 5.67. The van der Waals surface area contributed by atoms with Crippen molar-refractivity contribution in [2.24, 2.45) is 5.92 Å². The average molecular weight is 212 g/mol. The van der Waals surface area contributed by atoms with Crippen molar-refractivity contribution in [1.29, 1.82) is 0 Å². The molecule has 1 unspecified atom stereocenters. The van der Waals surface area contributed by atoms with Crippen molar-refractivity contribution in [3.8, 4) is 0 Å². The van der Waals surface area contributed by atoms with E-state index in [4.69, 9.17) is 0 Å². The Morgan fingerprint density at radius 2 is 2.00 bits per heavy atom. The van der Waals surface area contributed by atoms with Crippen LogP contribution in [0, 0.1) is 5.92 Å². The molecular formula is C11H16O4. The number of allylic oxidation sites excluding steroid dienone is 1. The second kappa shape index (κ2) is 7.79. The zero-order chi connectivity index (χ0) is 11.7. The number of hydrogen-bond acceptors (Lipinski definition) is 4. The highest BCUT2D eigenvalue weighted by Gasteiger charge is 2.13. The average Bonchev–Trinajstić information content (AvgIpc) is 2.26. The van der Waals surface area contributed by atoms with Crippen LogP contribution in [0.2, 0.25) is 0 Å². The fourth-order valence-corrected chi connectivity index (χ4v) is 0.996. The SMILES string of the molecule is C=CCC(C=CCC(=O)OC)C(=O)OC. The molecule has 0 fully saturated rings. The number of hydrogen-bond donors (Lipinski definition) is 0. The number of methoxy groups -OCH3 is 2. The molecule has 0 saturated carbocycles. The van der Waals surface area contributed by atoms with Crippen molar-refractivity contribution < 1.29 is 19.1 Å². The van der Waals surface area contributed by atoms with E-state index in [1.54, 1.807) is 18.2 Å². The summed E-state index contributed by atoms with van der Waals surface area (Å²) in [6.45, 7) is 3.54. The van der Waals surface area contributed by atoms with E-state index in [1.165, 1.54) is 14.2 Å². The second-order valence-corrected chi connectivity index (χ2v) is 2.86. The molecule has 0 rings (SSSR count). The lowest BCUT2D eigenvalue weighted by Crippen LogP contribution is -2.13. The monoisotopic (exact) mass is 212 g/mol. The van der Waals surface area contributed by atoms with Gasteiger partial charge in [0, 0.05) is 0 Å². The molecule has 0 spiro atoms. The molecule has 0 aromatic carbocycles. The molecular weight excluding hydrogens is 196 g/mol. The summed E-state index contributed by atoms with van der Waals surface area (Å²) in [5.41, 5.74) is 0. The van der Waals surface area contributed by atoms with Gasteiger partial charge in [0.15, 0.2) is 0 Å². The minimum absolute atomic E-state index is 0.154. The normalized spacial score (nSPS) is 12.1. The summed E-state index contributed by atoms with van der Waals surface area (Å²) >= 11 is 0. The van der Waals surface area contributed by atoms with E-state index in [9.17, 15) is 9.59 Å². The highest BCUT2D eigenvalue weighted by molar-refractivity contribution is 5.75. The van der Waals surface area contributed by atoms with Crippen LogP contribution in [0.25, 0.3) is 0 Å². The first-order valence-corrected chi connectivity index (χ1v) is 4.57. The van der Waals surface area contributed by atoms with E-state index < -0.39 is 0 Å². The van der Waals surface area contributed by atoms with Gasteiger partial charge < -0.3 is 9.47 Å². The van der Waals surface area contributed by atoms with Gasteiger partial charge in [-0.05, 0) is 6.42 Å². The maximum absolute atomic E-state index is 11.2. The van der Waals surface area contributed by atoms with Crippen LogP contribution in [0.15, 0.2) is 24.8 Å². The lowest BCUT2D eigenvalue weighted by atomic mass is 10.1. The van der Waals surface area contributed by atoms with E-state index in [-0.39, 0.29) is 24.3 Å². The molecule has 0 aliphatic carbocycles. The molecule has 0 heterocycles. The number of rotatable bonds is 6. The largest absolute Gasteiger partial charge is 0.469 e. The van der Waals surface area contributed by atoms with Crippen LogP contribution in [-0.2, 0) is 19.1 Å². The van der Waals surface area contributed by atoms with Crippen LogP contribution in [0.5, 0.6) is 0 Å². The minimum atomic E-state index is -0.378. The second-order valence-electron chi connectivity index (χ2n) is 2.86. The Morgan fingerprint density at radius 1 is 1.33 bits per heavy atom. The smallest absolute Gasteiger partial charge is 0.312 e. The Balaban J connectivity index is 4.21. The standard InChI is InChI=1S/C11H16O4/c1-4-6-9(11(13)15-3)7-5-8-10(12)14-2/h4-5,7,9H,1,6,8H2,2-3H3. The lowest BCUT2D eigenvalue weighted by Gasteiger charge is -2.06. The molecule has 0 aromatic heterocycles. The zero-order valence-corrected chi connectivity index (χ0v) is 9.06. The summed E-state index contributed by atoms with van der Waals surface area (Å²) in [6, 6.07) is 0. The summed E-state index contributed by atoms with van der Waals surface area (Å²) in [4.78, 5) is 22.0. The molecule has 0 aromatic rings. The Labute approximate surface area is 89.6 Å². The molecule has 4 nitrogen and oxygen atoms in total. The van der Waals surface area contributed by atoms with E-state index in [2.05, 4.69) is 16.1 Å². The third-order valence-corrected chi connectivity index (χ3v) is 1.81. The van der Waals surface area contributed by atoms with Crippen molar-refractivity contribution in [3.05, 3.63) is 24.8 Å². The number of carbonyl (C=O) groups is 2. The summed E-state index contributed by atoms with van der Waals surface area (Å²) in [5, 5.41) is 0. The first-order valence-electron chi connectivity index (χ1n) is 4.57. The first-order chi connectivity index (χ1) is 7.15. The van der Waals surface area contributed by atoms with Crippen LogP contribution < -0.4 is 0 Å². The van der Waals surface area contributed by atoms with Crippen molar-refractivity contribution in [2.75, 3.05) is 14.2 Å². The predicted octanol–water partition coefficient (Wildman–Crippen LogP) is 1.47. The van der Waals surface area contributed by atoms with Gasteiger partial charge in [0.05, 0.1) is 26.6 Å². The van der Waals surface area contributed by atoms with E-state index in [0.717, 1.165) is 0 Å². The Hall–Kier alpha value is -1.58. The molecule has 0 amide bonds. The topological polar surface area (TPSA) is 52.6 Å². The van der Waals surface area contributed by atoms with Crippen molar-refractivity contribution in [3.63, 3.8) is 0 Å². The molecule has 0 radical (unpaired) electrons. The van der Waals surface area contributed by atoms with E-state index in [0.29, 0.717) is 6.42 Å². The van der Waals surface area contributed by atoms with Gasteiger partial charge in [-0.2, -0.15) is 0 Å². The van der Waals surface area contributed by atoms with Crippen LogP contribution >= 0.6 is 0 Å². The van der Waals surface area contributed by atoms with Gasteiger partial charge in [-0.25, -0.2) is 0 Å². The first kappa shape index (κ1) is 13.4. The fraction of sp³-hybridized carbons (Fsp3) is 0.455. The van der Waals surface area contributed by atoms with Gasteiger partial charge in [-0.15, -0.1) is 6.58 Å². The molecule has 0 N–H and O–H groups in total. The maximum atomic E-state index is 11.2. The number of ether oxygens (including phenoxy) is 2.